The number of nitrogens with two attached hydrogens (primary N) is 1. The second-order valence-corrected chi connectivity index (χ2v) is 6.04. The van der Waals surface area contributed by atoms with Gasteiger partial charge in [-0.25, -0.2) is 5.14 Å². The Morgan fingerprint density at radius 3 is 2.42 bits per heavy atom. The number of nitriles is 1. The monoisotopic (exact) mass is 280 g/mol. The van der Waals surface area contributed by atoms with Crippen molar-refractivity contribution < 1.29 is 8.42 Å². The molecule has 1 saturated heterocycles. The molecule has 102 valence electrons. The highest BCUT2D eigenvalue weighted by Gasteiger charge is 2.24. The first-order valence-corrected chi connectivity index (χ1v) is 7.49. The van der Waals surface area contributed by atoms with Gasteiger partial charge in [0.15, 0.2) is 0 Å². The molecule has 2 rings (SSSR count). The van der Waals surface area contributed by atoms with Crippen molar-refractivity contribution in [3.8, 4) is 6.07 Å². The smallest absolute Gasteiger partial charge is 0.276 e. The third-order valence-corrected chi connectivity index (χ3v) is 4.31. The quantitative estimate of drug-likeness (QED) is 0.835. The topological polar surface area (TPSA) is 90.4 Å². The number of hydrogen-bond acceptors (Lipinski definition) is 4. The van der Waals surface area contributed by atoms with Crippen LogP contribution in [-0.2, 0) is 16.8 Å². The maximum atomic E-state index is 11.2. The molecule has 0 aromatic heterocycles. The van der Waals surface area contributed by atoms with Crippen LogP contribution in [-0.4, -0.2) is 43.8 Å². The first kappa shape index (κ1) is 14.0. The van der Waals surface area contributed by atoms with E-state index in [-0.39, 0.29) is 0 Å². The Morgan fingerprint density at radius 2 is 1.84 bits per heavy atom. The van der Waals surface area contributed by atoms with E-state index in [4.69, 9.17) is 10.4 Å². The van der Waals surface area contributed by atoms with Gasteiger partial charge in [-0.15, -0.1) is 0 Å². The first-order chi connectivity index (χ1) is 9.00. The van der Waals surface area contributed by atoms with E-state index < -0.39 is 10.2 Å². The molecule has 2 N–H and O–H groups in total. The minimum Gasteiger partial charge on any atom is -0.296 e. The molecule has 0 atom stereocenters. The molecule has 0 amide bonds. The zero-order valence-corrected chi connectivity index (χ0v) is 11.3. The summed E-state index contributed by atoms with van der Waals surface area (Å²) in [5.74, 6) is 0. The Bertz CT molecular complexity index is 586. The zero-order chi connectivity index (χ0) is 13.9. The molecular formula is C12H16N4O2S. The maximum absolute atomic E-state index is 11.2. The molecule has 0 bridgehead atoms. The second kappa shape index (κ2) is 5.67. The van der Waals surface area contributed by atoms with E-state index in [0.717, 1.165) is 5.56 Å². The maximum Gasteiger partial charge on any atom is 0.276 e. The van der Waals surface area contributed by atoms with Crippen LogP contribution in [0.15, 0.2) is 24.3 Å². The van der Waals surface area contributed by atoms with Gasteiger partial charge in [0.2, 0.25) is 0 Å². The fourth-order valence-electron chi connectivity index (χ4n) is 2.15. The van der Waals surface area contributed by atoms with Crippen molar-refractivity contribution in [2.45, 2.75) is 6.54 Å². The van der Waals surface area contributed by atoms with Crippen LogP contribution in [0.1, 0.15) is 11.1 Å². The Balaban J connectivity index is 1.98. The van der Waals surface area contributed by atoms with Crippen LogP contribution in [0.5, 0.6) is 0 Å². The predicted octanol–water partition coefficient (Wildman–Crippen LogP) is -0.121. The second-order valence-electron chi connectivity index (χ2n) is 4.49. The highest BCUT2D eigenvalue weighted by Crippen LogP contribution is 2.13. The largest absolute Gasteiger partial charge is 0.296 e. The molecule has 0 saturated carbocycles. The summed E-state index contributed by atoms with van der Waals surface area (Å²) < 4.78 is 23.7. The van der Waals surface area contributed by atoms with Crippen molar-refractivity contribution in [3.63, 3.8) is 0 Å². The molecule has 1 aliphatic rings. The van der Waals surface area contributed by atoms with Gasteiger partial charge in [-0.05, 0) is 11.6 Å². The third-order valence-electron chi connectivity index (χ3n) is 3.22. The summed E-state index contributed by atoms with van der Waals surface area (Å²) in [5.41, 5.74) is 1.63. The van der Waals surface area contributed by atoms with E-state index in [2.05, 4.69) is 11.0 Å². The third kappa shape index (κ3) is 3.52. The lowest BCUT2D eigenvalue weighted by atomic mass is 10.1. The number of benzene rings is 1. The highest BCUT2D eigenvalue weighted by molar-refractivity contribution is 7.86. The highest BCUT2D eigenvalue weighted by atomic mass is 32.2. The van der Waals surface area contributed by atoms with Crippen molar-refractivity contribution in [2.24, 2.45) is 5.14 Å². The fraction of sp³-hybridized carbons (Fsp3) is 0.417. The van der Waals surface area contributed by atoms with Crippen LogP contribution in [0.2, 0.25) is 0 Å². The van der Waals surface area contributed by atoms with Crippen LogP contribution in [0.3, 0.4) is 0 Å². The van der Waals surface area contributed by atoms with E-state index in [1.165, 1.54) is 4.31 Å². The van der Waals surface area contributed by atoms with E-state index in [1.807, 2.05) is 18.2 Å². The number of nitrogens with zero attached hydrogens (tertiary/aromatic N) is 3. The van der Waals surface area contributed by atoms with Crippen LogP contribution in [0, 0.1) is 11.3 Å². The van der Waals surface area contributed by atoms with Gasteiger partial charge < -0.3 is 0 Å². The van der Waals surface area contributed by atoms with E-state index in [1.54, 1.807) is 6.07 Å². The first-order valence-electron chi connectivity index (χ1n) is 5.99. The van der Waals surface area contributed by atoms with Gasteiger partial charge in [0.1, 0.15) is 0 Å². The molecule has 1 aromatic carbocycles. The van der Waals surface area contributed by atoms with Gasteiger partial charge in [-0.3, -0.25) is 4.90 Å². The van der Waals surface area contributed by atoms with Crippen molar-refractivity contribution >= 4 is 10.2 Å². The molecule has 1 aliphatic heterocycles. The molecule has 1 aromatic rings. The lowest BCUT2D eigenvalue weighted by molar-refractivity contribution is 0.181. The Hall–Kier alpha value is -1.46. The summed E-state index contributed by atoms with van der Waals surface area (Å²) in [6, 6.07) is 9.61. The average molecular weight is 280 g/mol. The van der Waals surface area contributed by atoms with Crippen molar-refractivity contribution in [3.05, 3.63) is 35.4 Å². The molecule has 1 fully saturated rings. The lowest BCUT2D eigenvalue weighted by Crippen LogP contribution is -2.50. The summed E-state index contributed by atoms with van der Waals surface area (Å²) in [6.07, 6.45) is 0. The molecule has 7 heteroatoms. The van der Waals surface area contributed by atoms with Gasteiger partial charge in [0, 0.05) is 32.7 Å². The van der Waals surface area contributed by atoms with E-state index >= 15 is 0 Å². The molecule has 0 spiro atoms. The minimum atomic E-state index is -3.58. The summed E-state index contributed by atoms with van der Waals surface area (Å²) in [6.45, 7) is 2.69. The number of hydrogen-bond donors (Lipinski definition) is 1. The molecule has 19 heavy (non-hydrogen) atoms. The SMILES string of the molecule is N#Cc1ccccc1CN1CCN(S(N)(=O)=O)CC1. The van der Waals surface area contributed by atoms with Crippen LogP contribution in [0.4, 0.5) is 0 Å². The molecule has 1 heterocycles. The standard InChI is InChI=1S/C12H16N4O2S/c13-9-11-3-1-2-4-12(11)10-15-5-7-16(8-6-15)19(14,17)18/h1-4H,5-8,10H2,(H2,14,17,18). The van der Waals surface area contributed by atoms with Gasteiger partial charge >= 0.3 is 0 Å². The summed E-state index contributed by atoms with van der Waals surface area (Å²) >= 11 is 0. The summed E-state index contributed by atoms with van der Waals surface area (Å²) in [4.78, 5) is 2.12. The molecule has 6 nitrogen and oxygen atoms in total. The zero-order valence-electron chi connectivity index (χ0n) is 10.5. The minimum absolute atomic E-state index is 0.396. The fourth-order valence-corrected chi connectivity index (χ4v) is 2.82. The summed E-state index contributed by atoms with van der Waals surface area (Å²) in [5, 5.41) is 14.1. The molecule has 0 unspecified atom stereocenters. The number of piperazine rings is 1. The Labute approximate surface area is 113 Å². The molecular weight excluding hydrogens is 264 g/mol. The van der Waals surface area contributed by atoms with Crippen LogP contribution < -0.4 is 5.14 Å². The lowest BCUT2D eigenvalue weighted by Gasteiger charge is -2.32. The van der Waals surface area contributed by atoms with Crippen molar-refractivity contribution in [2.75, 3.05) is 26.2 Å². The predicted molar refractivity (Wildman–Crippen MR) is 71.1 cm³/mol. The Kier molecular flexibility index (Phi) is 4.17. The van der Waals surface area contributed by atoms with Gasteiger partial charge in [0.25, 0.3) is 10.2 Å². The Morgan fingerprint density at radius 1 is 1.21 bits per heavy atom. The van der Waals surface area contributed by atoms with E-state index in [9.17, 15) is 8.42 Å². The molecule has 0 radical (unpaired) electrons. The van der Waals surface area contributed by atoms with Crippen LogP contribution in [0.25, 0.3) is 0 Å². The van der Waals surface area contributed by atoms with E-state index in [0.29, 0.717) is 38.3 Å². The van der Waals surface area contributed by atoms with Crippen LogP contribution >= 0.6 is 0 Å². The van der Waals surface area contributed by atoms with Gasteiger partial charge in [-0.1, -0.05) is 18.2 Å². The van der Waals surface area contributed by atoms with Gasteiger partial charge in [-0.2, -0.15) is 18.0 Å². The van der Waals surface area contributed by atoms with Crippen molar-refractivity contribution in [1.82, 2.24) is 9.21 Å². The summed E-state index contributed by atoms with van der Waals surface area (Å²) in [7, 11) is -3.58. The average Bonchev–Trinajstić information content (AvgIpc) is 2.39. The normalized spacial score (nSPS) is 18.1. The number of rotatable bonds is 3. The van der Waals surface area contributed by atoms with Gasteiger partial charge in [0.05, 0.1) is 11.6 Å². The molecule has 0 aliphatic carbocycles. The van der Waals surface area contributed by atoms with Crippen molar-refractivity contribution in [1.29, 1.82) is 5.26 Å².